The fraction of sp³-hybridized carbons (Fsp3) is 0.385. The molecule has 0 heterocycles. The summed E-state index contributed by atoms with van der Waals surface area (Å²) in [5.41, 5.74) is 1.98. The minimum absolute atomic E-state index is 0.196. The molecular weight excluding hydrogens is 216 g/mol. The van der Waals surface area contributed by atoms with Crippen LogP contribution in [0.25, 0.3) is 0 Å². The number of hydrogen-bond acceptors (Lipinski definition) is 3. The first-order chi connectivity index (χ1) is 8.04. The van der Waals surface area contributed by atoms with E-state index in [0.717, 1.165) is 11.3 Å². The van der Waals surface area contributed by atoms with Gasteiger partial charge in [0, 0.05) is 12.2 Å². The Hall–Kier alpha value is -2.02. The monoisotopic (exact) mass is 232 g/mol. The van der Waals surface area contributed by atoms with E-state index in [0.29, 0.717) is 6.54 Å². The summed E-state index contributed by atoms with van der Waals surface area (Å²) in [4.78, 5) is 12.6. The number of aliphatic carboxylic acids is 1. The van der Waals surface area contributed by atoms with Crippen LogP contribution in [0.15, 0.2) is 24.3 Å². The number of benzene rings is 1. The molecule has 0 bridgehead atoms. The van der Waals surface area contributed by atoms with Crippen LogP contribution in [-0.4, -0.2) is 24.2 Å². The van der Waals surface area contributed by atoms with Gasteiger partial charge in [-0.15, -0.1) is 0 Å². The summed E-state index contributed by atoms with van der Waals surface area (Å²) in [6.45, 7) is 4.14. The first kappa shape index (κ1) is 13.0. The van der Waals surface area contributed by atoms with Gasteiger partial charge in [0.2, 0.25) is 0 Å². The zero-order chi connectivity index (χ0) is 12.8. The zero-order valence-electron chi connectivity index (χ0n) is 10.1. The summed E-state index contributed by atoms with van der Waals surface area (Å²) in [5, 5.41) is 17.7. The van der Waals surface area contributed by atoms with Gasteiger partial charge in [0.25, 0.3) is 0 Å². The molecule has 1 rings (SSSR count). The number of hydrogen-bond donors (Lipinski definition) is 1. The number of carboxylic acid groups (broad SMARTS) is 1. The fourth-order valence-corrected chi connectivity index (χ4v) is 1.58. The lowest BCUT2D eigenvalue weighted by Gasteiger charge is -2.24. The fourth-order valence-electron chi connectivity index (χ4n) is 1.58. The SMILES string of the molecule is Cc1cccc(N(CC#N)CC(C)C(=O)O)c1. The van der Waals surface area contributed by atoms with Crippen molar-refractivity contribution in [1.29, 1.82) is 5.26 Å². The number of anilines is 1. The van der Waals surface area contributed by atoms with Crippen LogP contribution in [0.5, 0.6) is 0 Å². The Bertz CT molecular complexity index is 437. The quantitative estimate of drug-likeness (QED) is 0.789. The van der Waals surface area contributed by atoms with E-state index in [1.807, 2.05) is 31.2 Å². The molecule has 0 spiro atoms. The Labute approximate surface area is 101 Å². The average molecular weight is 232 g/mol. The van der Waals surface area contributed by atoms with Crippen molar-refractivity contribution in [3.63, 3.8) is 0 Å². The van der Waals surface area contributed by atoms with Gasteiger partial charge in [-0.05, 0) is 24.6 Å². The van der Waals surface area contributed by atoms with Gasteiger partial charge in [-0.2, -0.15) is 5.26 Å². The van der Waals surface area contributed by atoms with Crippen molar-refractivity contribution in [2.24, 2.45) is 5.92 Å². The van der Waals surface area contributed by atoms with E-state index in [-0.39, 0.29) is 6.54 Å². The van der Waals surface area contributed by atoms with Gasteiger partial charge >= 0.3 is 5.97 Å². The summed E-state index contributed by atoms with van der Waals surface area (Å²) in [6, 6.07) is 9.77. The third kappa shape index (κ3) is 3.80. The first-order valence-corrected chi connectivity index (χ1v) is 5.46. The standard InChI is InChI=1S/C13H16N2O2/c1-10-4-3-5-12(8-10)15(7-6-14)9-11(2)13(16)17/h3-5,8,11H,7,9H2,1-2H3,(H,16,17). The van der Waals surface area contributed by atoms with Crippen molar-refractivity contribution in [3.8, 4) is 6.07 Å². The van der Waals surface area contributed by atoms with Gasteiger partial charge in [0.05, 0.1) is 12.0 Å². The predicted molar refractivity (Wildman–Crippen MR) is 65.8 cm³/mol. The molecule has 1 N–H and O–H groups in total. The number of nitrogens with zero attached hydrogens (tertiary/aromatic N) is 2. The van der Waals surface area contributed by atoms with E-state index in [1.54, 1.807) is 11.8 Å². The Morgan fingerprint density at radius 2 is 2.29 bits per heavy atom. The molecule has 4 heteroatoms. The molecule has 0 aliphatic rings. The third-order valence-corrected chi connectivity index (χ3v) is 2.54. The second-order valence-corrected chi connectivity index (χ2v) is 4.12. The van der Waals surface area contributed by atoms with Crippen LogP contribution < -0.4 is 4.90 Å². The Morgan fingerprint density at radius 3 is 2.82 bits per heavy atom. The normalized spacial score (nSPS) is 11.6. The zero-order valence-corrected chi connectivity index (χ0v) is 10.1. The first-order valence-electron chi connectivity index (χ1n) is 5.46. The van der Waals surface area contributed by atoms with Gasteiger partial charge in [-0.3, -0.25) is 4.79 Å². The molecule has 0 aromatic heterocycles. The van der Waals surface area contributed by atoms with Gasteiger partial charge in [0.15, 0.2) is 0 Å². The van der Waals surface area contributed by atoms with Crippen molar-refractivity contribution in [1.82, 2.24) is 0 Å². The van der Waals surface area contributed by atoms with E-state index in [1.165, 1.54) is 0 Å². The molecule has 0 aliphatic heterocycles. The number of rotatable bonds is 5. The van der Waals surface area contributed by atoms with E-state index < -0.39 is 11.9 Å². The van der Waals surface area contributed by atoms with Crippen LogP contribution in [0, 0.1) is 24.2 Å². The largest absolute Gasteiger partial charge is 0.481 e. The maximum absolute atomic E-state index is 10.8. The Kier molecular flexibility index (Phi) is 4.53. The molecular formula is C13H16N2O2. The molecule has 0 saturated heterocycles. The third-order valence-electron chi connectivity index (χ3n) is 2.54. The molecule has 0 radical (unpaired) electrons. The van der Waals surface area contributed by atoms with Crippen LogP contribution in [0.1, 0.15) is 12.5 Å². The summed E-state index contributed by atoms with van der Waals surface area (Å²) < 4.78 is 0. The Morgan fingerprint density at radius 1 is 1.59 bits per heavy atom. The molecule has 1 atom stereocenters. The van der Waals surface area contributed by atoms with E-state index >= 15 is 0 Å². The summed E-state index contributed by atoms with van der Waals surface area (Å²) >= 11 is 0. The molecule has 0 aliphatic carbocycles. The highest BCUT2D eigenvalue weighted by molar-refractivity contribution is 5.70. The maximum Gasteiger partial charge on any atom is 0.308 e. The number of nitriles is 1. The van der Waals surface area contributed by atoms with Crippen molar-refractivity contribution in [2.45, 2.75) is 13.8 Å². The van der Waals surface area contributed by atoms with Crippen LogP contribution in [0.2, 0.25) is 0 Å². The second kappa shape index (κ2) is 5.90. The second-order valence-electron chi connectivity index (χ2n) is 4.12. The minimum atomic E-state index is -0.847. The topological polar surface area (TPSA) is 64.3 Å². The lowest BCUT2D eigenvalue weighted by atomic mass is 10.1. The number of carbonyl (C=O) groups is 1. The lowest BCUT2D eigenvalue weighted by molar-refractivity contribution is -0.140. The molecule has 0 fully saturated rings. The van der Waals surface area contributed by atoms with Crippen molar-refractivity contribution in [3.05, 3.63) is 29.8 Å². The van der Waals surface area contributed by atoms with E-state index in [9.17, 15) is 4.79 Å². The highest BCUT2D eigenvalue weighted by atomic mass is 16.4. The minimum Gasteiger partial charge on any atom is -0.481 e. The van der Waals surface area contributed by atoms with Crippen LogP contribution in [0.4, 0.5) is 5.69 Å². The molecule has 1 aromatic rings. The lowest BCUT2D eigenvalue weighted by Crippen LogP contribution is -2.32. The van der Waals surface area contributed by atoms with Crippen molar-refractivity contribution in [2.75, 3.05) is 18.0 Å². The van der Waals surface area contributed by atoms with Gasteiger partial charge in [-0.1, -0.05) is 19.1 Å². The highest BCUT2D eigenvalue weighted by Crippen LogP contribution is 2.17. The number of carboxylic acids is 1. The molecule has 4 nitrogen and oxygen atoms in total. The maximum atomic E-state index is 10.8. The van der Waals surface area contributed by atoms with Crippen LogP contribution in [0.3, 0.4) is 0 Å². The summed E-state index contributed by atoms with van der Waals surface area (Å²) in [5.74, 6) is -1.34. The Balaban J connectivity index is 2.86. The molecule has 1 aromatic carbocycles. The van der Waals surface area contributed by atoms with E-state index in [4.69, 9.17) is 10.4 Å². The molecule has 0 amide bonds. The molecule has 1 unspecified atom stereocenters. The predicted octanol–water partition coefficient (Wildman–Crippen LogP) is 2.05. The van der Waals surface area contributed by atoms with Crippen molar-refractivity contribution >= 4 is 11.7 Å². The van der Waals surface area contributed by atoms with E-state index in [2.05, 4.69) is 6.07 Å². The van der Waals surface area contributed by atoms with Gasteiger partial charge in [-0.25, -0.2) is 0 Å². The molecule has 90 valence electrons. The van der Waals surface area contributed by atoms with Gasteiger partial charge < -0.3 is 10.0 Å². The van der Waals surface area contributed by atoms with Crippen molar-refractivity contribution < 1.29 is 9.90 Å². The molecule has 17 heavy (non-hydrogen) atoms. The average Bonchev–Trinajstić information content (AvgIpc) is 2.28. The highest BCUT2D eigenvalue weighted by Gasteiger charge is 2.16. The van der Waals surface area contributed by atoms with Crippen LogP contribution in [-0.2, 0) is 4.79 Å². The molecule has 0 saturated carbocycles. The number of aryl methyl sites for hydroxylation is 1. The smallest absolute Gasteiger partial charge is 0.308 e. The summed E-state index contributed by atoms with van der Waals surface area (Å²) in [7, 11) is 0. The van der Waals surface area contributed by atoms with Crippen LogP contribution >= 0.6 is 0 Å². The van der Waals surface area contributed by atoms with Gasteiger partial charge in [0.1, 0.15) is 6.54 Å². The summed E-state index contributed by atoms with van der Waals surface area (Å²) in [6.07, 6.45) is 0.